The van der Waals surface area contributed by atoms with E-state index in [0.717, 1.165) is 87.1 Å². The second-order valence-electron chi connectivity index (χ2n) is 39.7. The van der Waals surface area contributed by atoms with Crippen molar-refractivity contribution in [2.24, 2.45) is 41.4 Å². The summed E-state index contributed by atoms with van der Waals surface area (Å²) in [6.45, 7) is 25.4. The van der Waals surface area contributed by atoms with E-state index in [0.29, 0.717) is 117 Å². The molecule has 6 aromatic rings. The molecule has 15 rings (SSSR count). The van der Waals surface area contributed by atoms with Gasteiger partial charge in [-0.05, 0) is 214 Å². The number of aromatic amines is 2. The van der Waals surface area contributed by atoms with E-state index in [-0.39, 0.29) is 165 Å². The molecule has 9 heterocycles. The number of amides is 8. The summed E-state index contributed by atoms with van der Waals surface area (Å²) in [5, 5.41) is 38.5. The largest absolute Gasteiger partial charge is 0.493 e. The fourth-order valence-corrected chi connectivity index (χ4v) is 21.9. The van der Waals surface area contributed by atoms with E-state index < -0.39 is 77.9 Å². The topological polar surface area (TPSA) is 324 Å². The van der Waals surface area contributed by atoms with Gasteiger partial charge in [0, 0.05) is 160 Å². The van der Waals surface area contributed by atoms with Crippen LogP contribution >= 0.6 is 0 Å². The highest BCUT2D eigenvalue weighted by molar-refractivity contribution is 5.98. The molecule has 26 nitrogen and oxygen atoms in total. The molecule has 6 saturated heterocycles. The lowest BCUT2D eigenvalue weighted by atomic mass is 9.81. The number of piperazine rings is 1. The lowest BCUT2D eigenvalue weighted by Crippen LogP contribution is -2.66. The number of Topliss-reactive ketones (excluding diaryl/α,β-unsaturated/α-hetero) is 1. The number of fused-ring (bicyclic) bond motifs is 5. The lowest BCUT2D eigenvalue weighted by molar-refractivity contribution is -0.150. The number of nitrogens with one attached hydrogen (secondary N) is 7. The molecule has 4 aromatic carbocycles. The van der Waals surface area contributed by atoms with E-state index in [1.54, 1.807) is 47.7 Å². The first-order valence-electron chi connectivity index (χ1n) is 50.1. The van der Waals surface area contributed by atoms with Crippen LogP contribution in [0, 0.1) is 53.1 Å². The number of hydrogen-bond donors (Lipinski definition) is 9. The van der Waals surface area contributed by atoms with E-state index in [4.69, 9.17) is 9.47 Å². The lowest BCUT2D eigenvalue weighted by Gasteiger charge is -2.45. The number of H-pyrrole nitrogens is 2. The summed E-state index contributed by atoms with van der Waals surface area (Å²) in [4.78, 5) is 141. The third kappa shape index (κ3) is 24.6. The monoisotopic (exact) mass is 1860 g/mol. The van der Waals surface area contributed by atoms with Crippen molar-refractivity contribution in [3.8, 4) is 17.1 Å². The van der Waals surface area contributed by atoms with Crippen molar-refractivity contribution in [1.82, 2.24) is 66.0 Å². The van der Waals surface area contributed by atoms with Crippen LogP contribution in [0.4, 0.5) is 17.6 Å². The van der Waals surface area contributed by atoms with Crippen molar-refractivity contribution in [3.63, 3.8) is 0 Å². The smallest absolute Gasteiger partial charge is 0.248 e. The summed E-state index contributed by atoms with van der Waals surface area (Å²) in [6, 6.07) is 23.0. The Labute approximate surface area is 787 Å². The molecular weight excluding hydrogens is 1720 g/mol. The van der Waals surface area contributed by atoms with E-state index in [2.05, 4.69) is 81.6 Å². The van der Waals surface area contributed by atoms with Crippen LogP contribution in [0.25, 0.3) is 33.2 Å². The summed E-state index contributed by atoms with van der Waals surface area (Å²) in [7, 11) is 1.70. The van der Waals surface area contributed by atoms with Gasteiger partial charge in [0.1, 0.15) is 47.3 Å². The Morgan fingerprint density at radius 2 is 1.12 bits per heavy atom. The number of aliphatic hydroxyl groups excluding tert-OH is 2. The Bertz CT molecular complexity index is 4850. The molecule has 9 aliphatic rings. The number of ether oxygens (including phenoxy) is 2. The molecule has 30 heteroatoms. The van der Waals surface area contributed by atoms with E-state index in [1.165, 1.54) is 55.5 Å². The van der Waals surface area contributed by atoms with Gasteiger partial charge in [0.2, 0.25) is 53.2 Å². The minimum Gasteiger partial charge on any atom is -0.493 e. The van der Waals surface area contributed by atoms with Crippen molar-refractivity contribution < 1.29 is 80.4 Å². The predicted molar refractivity (Wildman–Crippen MR) is 508 cm³/mol. The molecule has 134 heavy (non-hydrogen) atoms. The quantitative estimate of drug-likeness (QED) is 0.0173. The highest BCUT2D eigenvalue weighted by Crippen LogP contribution is 2.44. The van der Waals surface area contributed by atoms with Crippen LogP contribution in [0.1, 0.15) is 232 Å². The molecule has 2 saturated carbocycles. The highest BCUT2D eigenvalue weighted by Gasteiger charge is 2.51. The molecule has 734 valence electrons. The van der Waals surface area contributed by atoms with Crippen LogP contribution in [0.2, 0.25) is 0 Å². The number of halogens is 4. The molecular formula is C104H147F4N13O13. The van der Waals surface area contributed by atoms with Crippen LogP contribution in [0.3, 0.4) is 0 Å². The normalized spacial score (nSPS) is 25.0. The van der Waals surface area contributed by atoms with Crippen molar-refractivity contribution in [1.29, 1.82) is 0 Å². The van der Waals surface area contributed by atoms with E-state index >= 15 is 0 Å². The molecule has 8 fully saturated rings. The van der Waals surface area contributed by atoms with Crippen molar-refractivity contribution in [3.05, 3.63) is 125 Å². The Morgan fingerprint density at radius 1 is 0.567 bits per heavy atom. The number of piperidine rings is 1. The maximum Gasteiger partial charge on any atom is 0.248 e. The first-order valence-corrected chi connectivity index (χ1v) is 50.1. The summed E-state index contributed by atoms with van der Waals surface area (Å²) >= 11 is 0. The first kappa shape index (κ1) is 102. The maximum absolute atomic E-state index is 14.8. The van der Waals surface area contributed by atoms with Gasteiger partial charge >= 0.3 is 0 Å². The molecule has 0 unspecified atom stereocenters. The number of carbonyl (C=O) groups excluding carboxylic acids is 9. The molecule has 18 atom stereocenters. The van der Waals surface area contributed by atoms with Gasteiger partial charge in [0.15, 0.2) is 0 Å². The Balaban J connectivity index is 0.000000177. The summed E-state index contributed by atoms with van der Waals surface area (Å²) in [5.41, 5.74) is 5.97. The van der Waals surface area contributed by atoms with Gasteiger partial charge in [0.05, 0.1) is 48.4 Å². The maximum atomic E-state index is 14.8. The molecule has 2 aliphatic carbocycles. The van der Waals surface area contributed by atoms with Gasteiger partial charge in [-0.3, -0.25) is 48.1 Å². The number of para-hydroxylation sites is 1. The van der Waals surface area contributed by atoms with Crippen LogP contribution < -0.4 is 31.3 Å². The van der Waals surface area contributed by atoms with Crippen molar-refractivity contribution in [2.75, 3.05) is 79.2 Å². The summed E-state index contributed by atoms with van der Waals surface area (Å²) < 4.78 is 69.5. The van der Waals surface area contributed by atoms with E-state index in [9.17, 15) is 70.9 Å². The first-order chi connectivity index (χ1) is 64.3. The average molecular weight is 1860 g/mol. The number of aliphatic hydroxyl groups is 2. The molecule has 0 spiro atoms. The molecule has 9 N–H and O–H groups in total. The van der Waals surface area contributed by atoms with Gasteiger partial charge in [-0.15, -0.1) is 0 Å². The van der Waals surface area contributed by atoms with Gasteiger partial charge < -0.3 is 80.7 Å². The zero-order valence-electron chi connectivity index (χ0n) is 80.5. The number of likely N-dealkylation sites (N-methyl/N-ethyl adjacent to an activating group) is 1. The summed E-state index contributed by atoms with van der Waals surface area (Å²) in [5.74, 6) is -5.10. The fourth-order valence-electron chi connectivity index (χ4n) is 21.9. The fraction of sp³-hybridized carbons (Fsp3) is 0.644. The zero-order valence-corrected chi connectivity index (χ0v) is 80.5. The molecule has 8 amide bonds. The Hall–Kier alpha value is -9.33. The zero-order chi connectivity index (χ0) is 95.9. The minimum absolute atomic E-state index is 0.00922. The number of benzene rings is 4. The Morgan fingerprint density at radius 3 is 1.69 bits per heavy atom. The number of rotatable bonds is 33. The molecule has 7 aliphatic heterocycles. The second-order valence-corrected chi connectivity index (χ2v) is 39.7. The van der Waals surface area contributed by atoms with Gasteiger partial charge in [-0.1, -0.05) is 123 Å². The number of nitrogens with zero attached hydrogens (tertiary/aromatic N) is 6. The van der Waals surface area contributed by atoms with Crippen LogP contribution in [0.5, 0.6) is 5.75 Å². The highest BCUT2D eigenvalue weighted by atomic mass is 19.3. The predicted octanol–water partition coefficient (Wildman–Crippen LogP) is 13.1. The van der Waals surface area contributed by atoms with E-state index in [1.807, 2.05) is 79.7 Å². The number of β-amino-alcohol motifs (C(OH)–C–C–N with tert-alkyl or cyclic N) is 2. The number of likely N-dealkylation sites (tertiary alicyclic amines) is 4. The third-order valence-electron chi connectivity index (χ3n) is 30.8. The molecule has 2 aromatic heterocycles. The number of ketones is 1. The van der Waals surface area contributed by atoms with Crippen LogP contribution in [-0.4, -0.2) is 260 Å². The number of alkyl halides is 2. The number of hydrogen-bond acceptors (Lipinski definition) is 16. The Kier molecular flexibility index (Phi) is 35.6. The second kappa shape index (κ2) is 46.7. The van der Waals surface area contributed by atoms with Gasteiger partial charge in [0.25, 0.3) is 0 Å². The minimum atomic E-state index is -2.77. The van der Waals surface area contributed by atoms with Crippen molar-refractivity contribution in [2.45, 2.75) is 308 Å². The van der Waals surface area contributed by atoms with Gasteiger partial charge in [-0.25, -0.2) is 17.6 Å². The third-order valence-corrected chi connectivity index (χ3v) is 30.8. The SMILES string of the molecule is CCO[C@@H]1C[C@@H]2CN(C(=O)[C@@H](NC(=O)[C@H](C)CC)C3CCC(F)(F)CC3)[C@H](C(=O)N[C@@H]3CCOc4ccccc43)CN2C1.CC[C@@H](C)C(=O)N[C@H](C(=O)N1CC[C@H]2CCN(CCc3ccccc3)C[C@H]21)C1CCCCC1.CC[C@H](CC(=O)[C@H](C)NC)C(=O)N1C[C@@H](O)C[C@H]1Cc1c(-c2[nH]c3cc(F)ccc3c2C[C@@H]2C[C@H](O)CN2C(=O)[C@H](CC)NC(=O)[C@H](C)CC)[nH]c2cc(F)ccc12. The van der Waals surface area contributed by atoms with Gasteiger partial charge in [-0.2, -0.15) is 0 Å². The van der Waals surface area contributed by atoms with Crippen LogP contribution in [-0.2, 0) is 67.2 Å². The standard InChI is InChI=1S/C44H58F2N6O6.C32H46F2N4O5.C28H43N3O2/c1-7-23(4)42(56)50-36(9-3)44(58)52-22-31(54)18-29(52)20-35-33-13-11-27(46)16-38(33)49-41(35)40-34(32-12-10-26(45)15-37(32)48-40)19-28-17-30(53)21-51(28)43(57)25(8-2)14-39(55)24(5)47-6;1-4-20(3)29(39)36-28(21-10-13-32(33,34)14-11-21)31(41)38-17-22-16-23(42-5-2)18-37(22)19-26(38)30(40)35-25-12-15-43-27-9-7-6-8-24(25)27;1-3-21(2)27(32)29-26(24-12-8-5-9-13-24)28(33)31-19-16-23-15-18-30(20-25(23)31)17-14-22-10-6-4-7-11-22/h10-13,15-16,23-25,28-31,36,47-49,53-54H,7-9,14,17-22H2,1-6H3,(H,50,56);6-9,20-23,25-26,28H,4-5,10-19H2,1-3H3,(H,35,40)(H,36,39);4,6-7,10-11,21,23-26H,3,5,8-9,12-20H2,1-2H3,(H,29,32)/t23-,24+,25-,28+,29+,30+,31+,36+;20-,22-,23-,25-,26+,28+;21-,23-,25-,26+/m111/s1. The molecule has 0 radical (unpaired) electrons. The average Bonchev–Trinajstić information content (AvgIpc) is 1.59. The molecule has 0 bridgehead atoms. The number of carbonyl (C=O) groups is 9. The summed E-state index contributed by atoms with van der Waals surface area (Å²) in [6.07, 6.45) is 12.5. The number of aromatic nitrogens is 2. The van der Waals surface area contributed by atoms with Crippen LogP contribution in [0.15, 0.2) is 91.0 Å². The van der Waals surface area contributed by atoms with Crippen molar-refractivity contribution >= 4 is 74.8 Å².